The summed E-state index contributed by atoms with van der Waals surface area (Å²) in [6.45, 7) is 2.05. The number of fused-ring (bicyclic) bond motifs is 4. The standard InChI is InChI=1S/C22H20FN3O3/c1-12-17-18(20(28)26(19(17)27)10-9-13-5-3-2-4-6-13)22(25-12)15-11-14(23)7-8-16(15)24-21(22)29/h2-8,11-12,17-18,25H,9-10H2,1H3,(H,24,29)/t12-,17+,18-,22-/m0/s1. The van der Waals surface area contributed by atoms with E-state index in [0.717, 1.165) is 5.56 Å². The van der Waals surface area contributed by atoms with Crippen LogP contribution in [-0.2, 0) is 26.3 Å². The van der Waals surface area contributed by atoms with Crippen LogP contribution < -0.4 is 10.6 Å². The van der Waals surface area contributed by atoms with Crippen LogP contribution in [0.5, 0.6) is 0 Å². The Kier molecular flexibility index (Phi) is 3.86. The molecule has 2 N–H and O–H groups in total. The van der Waals surface area contributed by atoms with Gasteiger partial charge < -0.3 is 5.32 Å². The van der Waals surface area contributed by atoms with Crippen LogP contribution in [0, 0.1) is 17.7 Å². The second-order valence-electron chi connectivity index (χ2n) is 7.95. The van der Waals surface area contributed by atoms with E-state index in [2.05, 4.69) is 10.6 Å². The summed E-state index contributed by atoms with van der Waals surface area (Å²) in [7, 11) is 0. The summed E-state index contributed by atoms with van der Waals surface area (Å²) < 4.78 is 14.0. The smallest absolute Gasteiger partial charge is 0.250 e. The Morgan fingerprint density at radius 1 is 1.07 bits per heavy atom. The molecule has 2 fully saturated rings. The summed E-state index contributed by atoms with van der Waals surface area (Å²) >= 11 is 0. The molecule has 29 heavy (non-hydrogen) atoms. The fourth-order valence-corrected chi connectivity index (χ4v) is 5.10. The van der Waals surface area contributed by atoms with Gasteiger partial charge in [0.2, 0.25) is 17.7 Å². The molecular formula is C22H20FN3O3. The highest BCUT2D eigenvalue weighted by Crippen LogP contribution is 2.52. The summed E-state index contributed by atoms with van der Waals surface area (Å²) in [5, 5.41) is 5.92. The molecule has 2 aromatic carbocycles. The van der Waals surface area contributed by atoms with Crippen LogP contribution >= 0.6 is 0 Å². The maximum Gasteiger partial charge on any atom is 0.250 e. The molecule has 148 valence electrons. The third-order valence-corrected chi connectivity index (χ3v) is 6.38. The third-order valence-electron chi connectivity index (χ3n) is 6.38. The molecule has 0 unspecified atom stereocenters. The van der Waals surface area contributed by atoms with E-state index in [1.54, 1.807) is 6.92 Å². The van der Waals surface area contributed by atoms with Gasteiger partial charge in [0.25, 0.3) is 0 Å². The summed E-state index contributed by atoms with van der Waals surface area (Å²) in [5.74, 6) is -3.09. The number of carbonyl (C=O) groups excluding carboxylic acids is 3. The van der Waals surface area contributed by atoms with Crippen LogP contribution in [0.15, 0.2) is 48.5 Å². The van der Waals surface area contributed by atoms with Gasteiger partial charge in [0.1, 0.15) is 11.4 Å². The van der Waals surface area contributed by atoms with E-state index >= 15 is 0 Å². The monoisotopic (exact) mass is 393 g/mol. The molecule has 0 saturated carbocycles. The zero-order valence-corrected chi connectivity index (χ0v) is 15.8. The average molecular weight is 393 g/mol. The Bertz CT molecular complexity index is 1040. The zero-order chi connectivity index (χ0) is 20.3. The van der Waals surface area contributed by atoms with Gasteiger partial charge in [-0.3, -0.25) is 24.6 Å². The van der Waals surface area contributed by atoms with Crippen molar-refractivity contribution in [3.63, 3.8) is 0 Å². The number of carbonyl (C=O) groups is 3. The van der Waals surface area contributed by atoms with E-state index in [9.17, 15) is 18.8 Å². The third kappa shape index (κ3) is 2.40. The number of rotatable bonds is 3. The first-order valence-corrected chi connectivity index (χ1v) is 9.72. The summed E-state index contributed by atoms with van der Waals surface area (Å²) in [6, 6.07) is 13.3. The molecule has 0 bridgehead atoms. The quantitative estimate of drug-likeness (QED) is 0.780. The first kappa shape index (κ1) is 18.0. The topological polar surface area (TPSA) is 78.5 Å². The van der Waals surface area contributed by atoms with Gasteiger partial charge in [-0.15, -0.1) is 0 Å². The van der Waals surface area contributed by atoms with Gasteiger partial charge in [-0.1, -0.05) is 30.3 Å². The van der Waals surface area contributed by atoms with Crippen molar-refractivity contribution in [1.82, 2.24) is 10.2 Å². The Hall–Kier alpha value is -3.06. The number of nitrogens with one attached hydrogen (secondary N) is 2. The summed E-state index contributed by atoms with van der Waals surface area (Å²) in [6.07, 6.45) is 0.546. The van der Waals surface area contributed by atoms with Gasteiger partial charge in [0.05, 0.1) is 11.8 Å². The number of likely N-dealkylation sites (tertiary alicyclic amines) is 1. The molecular weight excluding hydrogens is 373 g/mol. The lowest BCUT2D eigenvalue weighted by molar-refractivity contribution is -0.142. The van der Waals surface area contributed by atoms with Crippen LogP contribution in [0.25, 0.3) is 0 Å². The number of imide groups is 1. The minimum atomic E-state index is -1.42. The second-order valence-corrected chi connectivity index (χ2v) is 7.95. The first-order chi connectivity index (χ1) is 13.9. The van der Waals surface area contributed by atoms with Crippen molar-refractivity contribution in [2.24, 2.45) is 11.8 Å². The maximum atomic E-state index is 14.0. The Morgan fingerprint density at radius 3 is 2.59 bits per heavy atom. The number of benzene rings is 2. The highest BCUT2D eigenvalue weighted by molar-refractivity contribution is 6.15. The fourth-order valence-electron chi connectivity index (χ4n) is 5.10. The molecule has 0 radical (unpaired) electrons. The van der Waals surface area contributed by atoms with Crippen LogP contribution in [0.2, 0.25) is 0 Å². The van der Waals surface area contributed by atoms with Crippen molar-refractivity contribution in [3.8, 4) is 0 Å². The number of hydrogen-bond acceptors (Lipinski definition) is 4. The van der Waals surface area contributed by atoms with Crippen molar-refractivity contribution in [1.29, 1.82) is 0 Å². The highest BCUT2D eigenvalue weighted by atomic mass is 19.1. The SMILES string of the molecule is C[C@@H]1N[C@]2(C(=O)Nc3ccc(F)cc32)[C@@H]2C(=O)N(CCc3ccccc3)C(=O)[C@H]12. The van der Waals surface area contributed by atoms with Gasteiger partial charge in [-0.05, 0) is 37.1 Å². The number of nitrogens with zero attached hydrogens (tertiary/aromatic N) is 1. The molecule has 6 nitrogen and oxygen atoms in total. The lowest BCUT2D eigenvalue weighted by atomic mass is 9.76. The Labute approximate surface area is 167 Å². The van der Waals surface area contributed by atoms with Crippen molar-refractivity contribution in [2.45, 2.75) is 24.9 Å². The molecule has 0 aromatic heterocycles. The maximum absolute atomic E-state index is 14.0. The molecule has 2 saturated heterocycles. The van der Waals surface area contributed by atoms with E-state index < -0.39 is 35.1 Å². The van der Waals surface area contributed by atoms with Gasteiger partial charge in [-0.2, -0.15) is 0 Å². The van der Waals surface area contributed by atoms with Gasteiger partial charge >= 0.3 is 0 Å². The minimum absolute atomic E-state index is 0.259. The van der Waals surface area contributed by atoms with E-state index in [0.29, 0.717) is 17.7 Å². The summed E-state index contributed by atoms with van der Waals surface area (Å²) in [5.41, 5.74) is 0.472. The van der Waals surface area contributed by atoms with Crippen LogP contribution in [0.1, 0.15) is 18.1 Å². The molecule has 7 heteroatoms. The van der Waals surface area contributed by atoms with E-state index in [1.165, 1.54) is 23.1 Å². The lowest BCUT2D eigenvalue weighted by Crippen LogP contribution is -2.53. The number of hydrogen-bond donors (Lipinski definition) is 2. The van der Waals surface area contributed by atoms with E-state index in [-0.39, 0.29) is 18.4 Å². The predicted octanol–water partition coefficient (Wildman–Crippen LogP) is 1.81. The molecule has 4 atom stereocenters. The molecule has 0 aliphatic carbocycles. The van der Waals surface area contributed by atoms with Crippen molar-refractivity contribution < 1.29 is 18.8 Å². The van der Waals surface area contributed by atoms with Crippen LogP contribution in [0.3, 0.4) is 0 Å². The van der Waals surface area contributed by atoms with E-state index in [4.69, 9.17) is 0 Å². The molecule has 3 heterocycles. The number of anilines is 1. The van der Waals surface area contributed by atoms with Gasteiger partial charge in [-0.25, -0.2) is 4.39 Å². The van der Waals surface area contributed by atoms with Crippen LogP contribution in [-0.4, -0.2) is 35.2 Å². The molecule has 3 amide bonds. The first-order valence-electron chi connectivity index (χ1n) is 9.72. The van der Waals surface area contributed by atoms with Crippen molar-refractivity contribution in [2.75, 3.05) is 11.9 Å². The predicted molar refractivity (Wildman–Crippen MR) is 103 cm³/mol. The lowest BCUT2D eigenvalue weighted by Gasteiger charge is -2.29. The zero-order valence-electron chi connectivity index (χ0n) is 15.8. The largest absolute Gasteiger partial charge is 0.324 e. The highest BCUT2D eigenvalue weighted by Gasteiger charge is 2.69. The average Bonchev–Trinajstić information content (AvgIpc) is 3.26. The number of amides is 3. The molecule has 3 aliphatic heterocycles. The molecule has 5 rings (SSSR count). The number of halogens is 1. The Balaban J connectivity index is 1.52. The van der Waals surface area contributed by atoms with Gasteiger partial charge in [0, 0.05) is 23.8 Å². The molecule has 3 aliphatic rings. The molecule has 1 spiro atoms. The van der Waals surface area contributed by atoms with Crippen molar-refractivity contribution in [3.05, 3.63) is 65.5 Å². The minimum Gasteiger partial charge on any atom is -0.324 e. The van der Waals surface area contributed by atoms with Crippen molar-refractivity contribution >= 4 is 23.4 Å². The molecule has 2 aromatic rings. The summed E-state index contributed by atoms with van der Waals surface area (Å²) in [4.78, 5) is 40.8. The Morgan fingerprint density at radius 2 is 1.83 bits per heavy atom. The van der Waals surface area contributed by atoms with Crippen LogP contribution in [0.4, 0.5) is 10.1 Å². The second kappa shape index (κ2) is 6.22. The fraction of sp³-hybridized carbons (Fsp3) is 0.318. The van der Waals surface area contributed by atoms with Gasteiger partial charge in [0.15, 0.2) is 0 Å². The van der Waals surface area contributed by atoms with E-state index in [1.807, 2.05) is 30.3 Å². The normalized spacial score (nSPS) is 30.1.